The number of benzene rings is 1. The molecule has 1 aromatic carbocycles. The summed E-state index contributed by atoms with van der Waals surface area (Å²) in [5.74, 6) is -0.705. The number of amides is 2. The van der Waals surface area contributed by atoms with Gasteiger partial charge in [0, 0.05) is 18.1 Å². The van der Waals surface area contributed by atoms with Gasteiger partial charge < -0.3 is 22.1 Å². The lowest BCUT2D eigenvalue weighted by molar-refractivity contribution is -0.120. The molecule has 2 amide bonds. The number of nitrogens with two attached hydrogens (primary N) is 2. The van der Waals surface area contributed by atoms with Gasteiger partial charge in [-0.15, -0.1) is 0 Å². The third-order valence-corrected chi connectivity index (χ3v) is 6.32. The second-order valence-electron chi connectivity index (χ2n) is 7.76. The highest BCUT2D eigenvalue weighted by Gasteiger charge is 2.60. The van der Waals surface area contributed by atoms with Crippen molar-refractivity contribution in [1.29, 1.82) is 0 Å². The van der Waals surface area contributed by atoms with Crippen molar-refractivity contribution in [2.24, 2.45) is 23.3 Å². The number of hydrogen-bond acceptors (Lipinski definition) is 8. The van der Waals surface area contributed by atoms with Crippen molar-refractivity contribution >= 4 is 39.1 Å². The van der Waals surface area contributed by atoms with E-state index in [9.17, 15) is 18.0 Å². The number of nitrogens with zero attached hydrogens (tertiary/aromatic N) is 2. The van der Waals surface area contributed by atoms with Gasteiger partial charge in [0.1, 0.15) is 16.9 Å². The first-order chi connectivity index (χ1) is 13.9. The highest BCUT2D eigenvalue weighted by molar-refractivity contribution is 7.90. The second-order valence-corrected chi connectivity index (χ2v) is 9.77. The number of carbonyl (C=O) groups excluding carboxylic acids is 2. The Hall–Kier alpha value is -3.21. The lowest BCUT2D eigenvalue weighted by Gasteiger charge is -2.18. The molecule has 0 bridgehead atoms. The summed E-state index contributed by atoms with van der Waals surface area (Å²) in [6.45, 7) is 4.00. The molecule has 11 heteroatoms. The largest absolute Gasteiger partial charge is 0.368 e. The van der Waals surface area contributed by atoms with Crippen molar-refractivity contribution < 1.29 is 18.0 Å². The van der Waals surface area contributed by atoms with E-state index in [-0.39, 0.29) is 34.1 Å². The van der Waals surface area contributed by atoms with Crippen molar-refractivity contribution in [1.82, 2.24) is 9.97 Å². The number of primary amides is 2. The maximum atomic E-state index is 12.0. The van der Waals surface area contributed by atoms with Crippen molar-refractivity contribution in [2.75, 3.05) is 16.9 Å². The Bertz CT molecular complexity index is 1100. The van der Waals surface area contributed by atoms with Crippen LogP contribution in [0.2, 0.25) is 0 Å². The van der Waals surface area contributed by atoms with Crippen LogP contribution in [0.25, 0.3) is 0 Å². The van der Waals surface area contributed by atoms with Gasteiger partial charge in [-0.3, -0.25) is 9.59 Å². The van der Waals surface area contributed by atoms with Crippen LogP contribution in [0.1, 0.15) is 30.6 Å². The van der Waals surface area contributed by atoms with Crippen LogP contribution in [0, 0.1) is 11.8 Å². The molecule has 30 heavy (non-hydrogen) atoms. The maximum absolute atomic E-state index is 12.0. The molecule has 10 nitrogen and oxygen atoms in total. The van der Waals surface area contributed by atoms with E-state index < -0.39 is 27.2 Å². The Morgan fingerprint density at radius 2 is 1.83 bits per heavy atom. The van der Waals surface area contributed by atoms with Crippen LogP contribution in [0.3, 0.4) is 0 Å². The lowest BCUT2D eigenvalue weighted by Crippen LogP contribution is -2.41. The van der Waals surface area contributed by atoms with E-state index >= 15 is 0 Å². The lowest BCUT2D eigenvalue weighted by atomic mass is 10.0. The smallest absolute Gasteiger partial charge is 0.254 e. The van der Waals surface area contributed by atoms with E-state index in [0.717, 1.165) is 6.26 Å². The zero-order chi connectivity index (χ0) is 22.3. The van der Waals surface area contributed by atoms with Gasteiger partial charge in [-0.2, -0.15) is 4.98 Å². The molecule has 1 saturated carbocycles. The third kappa shape index (κ3) is 4.20. The Labute approximate surface area is 174 Å². The zero-order valence-corrected chi connectivity index (χ0v) is 17.7. The minimum Gasteiger partial charge on any atom is -0.368 e. The summed E-state index contributed by atoms with van der Waals surface area (Å²) in [7, 11) is -3.34. The first-order valence-electron chi connectivity index (χ1n) is 9.26. The quantitative estimate of drug-likeness (QED) is 0.479. The molecule has 0 spiro atoms. The molecule has 0 radical (unpaired) electrons. The molecule has 1 aromatic heterocycles. The fourth-order valence-electron chi connectivity index (χ4n) is 3.42. The fourth-order valence-corrected chi connectivity index (χ4v) is 4.05. The number of nitrogens with one attached hydrogen (secondary N) is 2. The van der Waals surface area contributed by atoms with Crippen LogP contribution in [0.15, 0.2) is 35.4 Å². The van der Waals surface area contributed by atoms with Crippen molar-refractivity contribution in [3.8, 4) is 0 Å². The Kier molecular flexibility index (Phi) is 5.42. The fraction of sp³-hybridized carbons (Fsp3) is 0.368. The monoisotopic (exact) mass is 432 g/mol. The minimum atomic E-state index is -3.34. The normalized spacial score (nSPS) is 20.6. The number of sulfone groups is 1. The van der Waals surface area contributed by atoms with Crippen LogP contribution >= 0.6 is 0 Å². The van der Waals surface area contributed by atoms with Gasteiger partial charge in [0.15, 0.2) is 9.84 Å². The predicted octanol–water partition coefficient (Wildman–Crippen LogP) is 1.03. The third-order valence-electron chi connectivity index (χ3n) is 5.19. The molecular formula is C19H24N6O4S. The molecule has 1 fully saturated rings. The van der Waals surface area contributed by atoms with Gasteiger partial charge in [0.05, 0.1) is 4.90 Å². The first kappa shape index (κ1) is 21.5. The van der Waals surface area contributed by atoms with E-state index in [0.29, 0.717) is 12.1 Å². The first-order valence-corrected chi connectivity index (χ1v) is 11.2. The minimum absolute atomic E-state index is 0.0390. The summed E-state index contributed by atoms with van der Waals surface area (Å²) in [4.78, 5) is 32.4. The van der Waals surface area contributed by atoms with E-state index in [2.05, 4.69) is 20.6 Å². The molecule has 0 saturated heterocycles. The van der Waals surface area contributed by atoms with Crippen LogP contribution in [0.4, 0.5) is 17.5 Å². The number of carbonyl (C=O) groups is 2. The average molecular weight is 433 g/mol. The number of rotatable bonds is 8. The molecule has 1 heterocycles. The summed E-state index contributed by atoms with van der Waals surface area (Å²) in [6.07, 6.45) is 2.93. The summed E-state index contributed by atoms with van der Waals surface area (Å²) >= 11 is 0. The second kappa shape index (κ2) is 7.56. The number of hydrogen-bond donors (Lipinski definition) is 4. The standard InChI is InChI=1S/C19H24N6O4S/c1-10(2)14-8-19(14,17(21)27)25-18-22-9-13(15(20)26)16(24-18)23-11-4-6-12(7-5-11)30(3,28)29/h4-7,9-10,14H,8H2,1-3H3,(H2,20,26)(H2,21,27)(H2,22,23,24,25)/t14-,19+/m1/s1. The van der Waals surface area contributed by atoms with Gasteiger partial charge in [0.2, 0.25) is 11.9 Å². The van der Waals surface area contributed by atoms with E-state index in [4.69, 9.17) is 11.5 Å². The maximum Gasteiger partial charge on any atom is 0.254 e. The van der Waals surface area contributed by atoms with Gasteiger partial charge in [-0.05, 0) is 42.5 Å². The summed E-state index contributed by atoms with van der Waals surface area (Å²) in [6, 6.07) is 5.94. The van der Waals surface area contributed by atoms with E-state index in [1.807, 2.05) is 13.8 Å². The molecular weight excluding hydrogens is 408 g/mol. The van der Waals surface area contributed by atoms with Crippen molar-refractivity contribution in [3.05, 3.63) is 36.0 Å². The van der Waals surface area contributed by atoms with Crippen LogP contribution in [-0.2, 0) is 14.6 Å². The molecule has 160 valence electrons. The summed E-state index contributed by atoms with van der Waals surface area (Å²) in [5, 5.41) is 5.95. The predicted molar refractivity (Wildman–Crippen MR) is 112 cm³/mol. The Balaban J connectivity index is 1.90. The number of anilines is 3. The molecule has 0 aliphatic heterocycles. The molecule has 2 aromatic rings. The van der Waals surface area contributed by atoms with Crippen LogP contribution < -0.4 is 22.1 Å². The van der Waals surface area contributed by atoms with E-state index in [1.165, 1.54) is 30.5 Å². The van der Waals surface area contributed by atoms with Gasteiger partial charge in [0.25, 0.3) is 5.91 Å². The van der Waals surface area contributed by atoms with Crippen LogP contribution in [0.5, 0.6) is 0 Å². The highest BCUT2D eigenvalue weighted by atomic mass is 32.2. The topological polar surface area (TPSA) is 170 Å². The molecule has 3 rings (SSSR count). The average Bonchev–Trinajstić information content (AvgIpc) is 3.37. The molecule has 1 aliphatic rings. The van der Waals surface area contributed by atoms with Crippen LogP contribution in [-0.4, -0.2) is 42.0 Å². The molecule has 1 aliphatic carbocycles. The van der Waals surface area contributed by atoms with Gasteiger partial charge in [-0.1, -0.05) is 13.8 Å². The van der Waals surface area contributed by atoms with Crippen molar-refractivity contribution in [3.63, 3.8) is 0 Å². The highest BCUT2D eigenvalue weighted by Crippen LogP contribution is 2.50. The SMILES string of the molecule is CC(C)[C@H]1C[C@@]1(Nc1ncc(C(N)=O)c(Nc2ccc(S(C)(=O)=O)cc2)n1)C(N)=O. The Morgan fingerprint density at radius 3 is 2.30 bits per heavy atom. The number of aromatic nitrogens is 2. The van der Waals surface area contributed by atoms with Crippen molar-refractivity contribution in [2.45, 2.75) is 30.7 Å². The molecule has 0 unspecified atom stereocenters. The Morgan fingerprint density at radius 1 is 1.20 bits per heavy atom. The van der Waals surface area contributed by atoms with E-state index in [1.54, 1.807) is 0 Å². The van der Waals surface area contributed by atoms with Gasteiger partial charge in [-0.25, -0.2) is 13.4 Å². The molecule has 6 N–H and O–H groups in total. The van der Waals surface area contributed by atoms with Gasteiger partial charge >= 0.3 is 0 Å². The summed E-state index contributed by atoms with van der Waals surface area (Å²) < 4.78 is 23.2. The summed E-state index contributed by atoms with van der Waals surface area (Å²) in [5.41, 5.74) is 10.6. The zero-order valence-electron chi connectivity index (χ0n) is 16.8. The molecule has 2 atom stereocenters.